The van der Waals surface area contributed by atoms with Crippen molar-refractivity contribution in [1.82, 2.24) is 4.98 Å². The van der Waals surface area contributed by atoms with Gasteiger partial charge in [0.25, 0.3) is 0 Å². The second kappa shape index (κ2) is 7.02. The predicted molar refractivity (Wildman–Crippen MR) is 93.7 cm³/mol. The number of aromatic amines is 1. The molecule has 0 fully saturated rings. The summed E-state index contributed by atoms with van der Waals surface area (Å²) >= 11 is 3.32. The van der Waals surface area contributed by atoms with Crippen LogP contribution in [0.15, 0.2) is 57.2 Å². The Balaban J connectivity index is 1.77. The molecule has 0 radical (unpaired) electrons. The molecular formula is C17H13BrFN3O3. The molecule has 25 heavy (non-hydrogen) atoms. The lowest BCUT2D eigenvalue weighted by molar-refractivity contribution is -0.124. The fourth-order valence-electron chi connectivity index (χ4n) is 2.22. The zero-order valence-corrected chi connectivity index (χ0v) is 14.6. The van der Waals surface area contributed by atoms with E-state index in [0.29, 0.717) is 16.7 Å². The maximum Gasteiger partial charge on any atom is 0.304 e. The summed E-state index contributed by atoms with van der Waals surface area (Å²) < 4.78 is 19.5. The van der Waals surface area contributed by atoms with Gasteiger partial charge in [-0.15, -0.1) is 10.2 Å². The van der Waals surface area contributed by atoms with Crippen LogP contribution in [0.2, 0.25) is 0 Å². The van der Waals surface area contributed by atoms with Gasteiger partial charge < -0.3 is 14.8 Å². The summed E-state index contributed by atoms with van der Waals surface area (Å²) in [6.07, 6.45) is -0.858. The number of benzene rings is 2. The average Bonchev–Trinajstić information content (AvgIpc) is 2.86. The molecule has 3 aromatic rings. The van der Waals surface area contributed by atoms with Crippen molar-refractivity contribution in [3.8, 4) is 11.6 Å². The Labute approximate surface area is 150 Å². The van der Waals surface area contributed by atoms with E-state index in [2.05, 4.69) is 31.1 Å². The second-order valence-corrected chi connectivity index (χ2v) is 6.18. The Hall–Kier alpha value is -2.74. The van der Waals surface area contributed by atoms with Crippen LogP contribution in [0.3, 0.4) is 0 Å². The van der Waals surface area contributed by atoms with Crippen LogP contribution in [0.5, 0.6) is 11.6 Å². The molecule has 128 valence electrons. The third-order valence-electron chi connectivity index (χ3n) is 3.42. The van der Waals surface area contributed by atoms with Crippen LogP contribution in [0.25, 0.3) is 10.9 Å². The van der Waals surface area contributed by atoms with Crippen molar-refractivity contribution in [1.29, 1.82) is 0 Å². The number of carbonyl (C=O) groups excluding carboxylic acids is 1. The first kappa shape index (κ1) is 17.1. The highest BCUT2D eigenvalue weighted by molar-refractivity contribution is 9.10. The molecule has 0 aliphatic heterocycles. The molecule has 8 heteroatoms. The number of aromatic nitrogens is 1. The standard InChI is InChI=1S/C17H13BrFN3O3/c1-9(25-12-4-2-3-10(18)7-12)16(23)22-21-15-13-6-5-11(19)8-14(13)20-17(15)24/h2-9,20,24H,1H3/t9-/m0/s1. The number of fused-ring (bicyclic) bond motifs is 1. The van der Waals surface area contributed by atoms with Crippen LogP contribution in [0.4, 0.5) is 10.1 Å². The van der Waals surface area contributed by atoms with E-state index in [9.17, 15) is 14.3 Å². The van der Waals surface area contributed by atoms with E-state index in [1.807, 2.05) is 6.07 Å². The lowest BCUT2D eigenvalue weighted by atomic mass is 10.2. The van der Waals surface area contributed by atoms with Crippen molar-refractivity contribution in [2.24, 2.45) is 10.2 Å². The third-order valence-corrected chi connectivity index (χ3v) is 3.91. The molecular weight excluding hydrogens is 393 g/mol. The third kappa shape index (κ3) is 3.85. The number of amides is 1. The number of hydrogen-bond acceptors (Lipinski definition) is 4. The quantitative estimate of drug-likeness (QED) is 0.607. The van der Waals surface area contributed by atoms with E-state index < -0.39 is 17.8 Å². The van der Waals surface area contributed by atoms with Gasteiger partial charge in [0.2, 0.25) is 5.88 Å². The number of halogens is 2. The van der Waals surface area contributed by atoms with Gasteiger partial charge in [-0.3, -0.25) is 4.79 Å². The van der Waals surface area contributed by atoms with Gasteiger partial charge in [-0.05, 0) is 43.3 Å². The molecule has 0 aliphatic carbocycles. The number of rotatable bonds is 4. The van der Waals surface area contributed by atoms with Crippen LogP contribution in [0.1, 0.15) is 6.92 Å². The van der Waals surface area contributed by atoms with Crippen molar-refractivity contribution in [2.45, 2.75) is 13.0 Å². The van der Waals surface area contributed by atoms with Crippen LogP contribution in [0, 0.1) is 5.82 Å². The minimum absolute atomic E-state index is 0.0676. The summed E-state index contributed by atoms with van der Waals surface area (Å²) in [5, 5.41) is 17.7. The van der Waals surface area contributed by atoms with Crippen LogP contribution >= 0.6 is 15.9 Å². The monoisotopic (exact) mass is 405 g/mol. The summed E-state index contributed by atoms with van der Waals surface area (Å²) in [5.41, 5.74) is 0.426. The summed E-state index contributed by atoms with van der Waals surface area (Å²) in [6, 6.07) is 10.9. The van der Waals surface area contributed by atoms with Crippen molar-refractivity contribution >= 4 is 38.4 Å². The van der Waals surface area contributed by atoms with Gasteiger partial charge in [-0.25, -0.2) is 4.39 Å². The van der Waals surface area contributed by atoms with Crippen LogP contribution in [-0.4, -0.2) is 22.1 Å². The number of azo groups is 1. The van der Waals surface area contributed by atoms with E-state index in [1.165, 1.54) is 18.2 Å². The summed E-state index contributed by atoms with van der Waals surface area (Å²) in [5.74, 6) is -0.853. The highest BCUT2D eigenvalue weighted by Gasteiger charge is 2.16. The normalized spacial score (nSPS) is 12.6. The van der Waals surface area contributed by atoms with Gasteiger partial charge in [-0.2, -0.15) is 0 Å². The molecule has 0 unspecified atom stereocenters. The van der Waals surface area contributed by atoms with Crippen LogP contribution in [-0.2, 0) is 4.79 Å². The summed E-state index contributed by atoms with van der Waals surface area (Å²) in [6.45, 7) is 1.55. The smallest absolute Gasteiger partial charge is 0.304 e. The van der Waals surface area contributed by atoms with Crippen molar-refractivity contribution < 1.29 is 19.0 Å². The largest absolute Gasteiger partial charge is 0.493 e. The number of hydrogen-bond donors (Lipinski definition) is 2. The summed E-state index contributed by atoms with van der Waals surface area (Å²) in [4.78, 5) is 14.7. The fourth-order valence-corrected chi connectivity index (χ4v) is 2.60. The fraction of sp³-hybridized carbons (Fsp3) is 0.118. The number of H-pyrrole nitrogens is 1. The first-order valence-corrected chi connectivity index (χ1v) is 8.11. The molecule has 0 saturated heterocycles. The molecule has 0 spiro atoms. The van der Waals surface area contributed by atoms with Crippen molar-refractivity contribution in [2.75, 3.05) is 0 Å². The zero-order valence-electron chi connectivity index (χ0n) is 13.0. The molecule has 2 aromatic carbocycles. The maximum absolute atomic E-state index is 13.2. The maximum atomic E-state index is 13.2. The predicted octanol–water partition coefficient (Wildman–Crippen LogP) is 4.85. The lowest BCUT2D eigenvalue weighted by Gasteiger charge is -2.10. The van der Waals surface area contributed by atoms with Crippen LogP contribution < -0.4 is 4.74 Å². The highest BCUT2D eigenvalue weighted by Crippen LogP contribution is 2.35. The zero-order chi connectivity index (χ0) is 18.0. The Bertz CT molecular complexity index is 971. The first-order chi connectivity index (χ1) is 11.9. The molecule has 2 N–H and O–H groups in total. The van der Waals surface area contributed by atoms with E-state index in [1.54, 1.807) is 25.1 Å². The number of aromatic hydroxyl groups is 1. The first-order valence-electron chi connectivity index (χ1n) is 7.32. The molecule has 1 amide bonds. The average molecular weight is 406 g/mol. The molecule has 0 bridgehead atoms. The minimum Gasteiger partial charge on any atom is -0.493 e. The number of nitrogens with one attached hydrogen (secondary N) is 1. The highest BCUT2D eigenvalue weighted by atomic mass is 79.9. The van der Waals surface area contributed by atoms with E-state index in [0.717, 1.165) is 4.47 Å². The molecule has 0 saturated carbocycles. The molecule has 1 aromatic heterocycles. The molecule has 1 atom stereocenters. The minimum atomic E-state index is -0.858. The topological polar surface area (TPSA) is 87.0 Å². The van der Waals surface area contributed by atoms with Gasteiger partial charge >= 0.3 is 5.91 Å². The summed E-state index contributed by atoms with van der Waals surface area (Å²) in [7, 11) is 0. The molecule has 0 aliphatic rings. The van der Waals surface area contributed by atoms with Gasteiger partial charge in [0.1, 0.15) is 11.6 Å². The SMILES string of the molecule is C[C@H](Oc1cccc(Br)c1)C(=O)N=Nc1c(O)[nH]c2cc(F)ccc12. The molecule has 3 rings (SSSR count). The van der Waals surface area contributed by atoms with Gasteiger partial charge in [0.05, 0.1) is 5.52 Å². The number of carbonyl (C=O) groups is 1. The Morgan fingerprint density at radius 2 is 2.12 bits per heavy atom. The van der Waals surface area contributed by atoms with E-state index >= 15 is 0 Å². The van der Waals surface area contributed by atoms with Gasteiger partial charge in [0, 0.05) is 9.86 Å². The van der Waals surface area contributed by atoms with E-state index in [-0.39, 0.29) is 11.6 Å². The lowest BCUT2D eigenvalue weighted by Crippen LogP contribution is -2.21. The van der Waals surface area contributed by atoms with Crippen molar-refractivity contribution in [3.05, 3.63) is 52.8 Å². The van der Waals surface area contributed by atoms with Crippen molar-refractivity contribution in [3.63, 3.8) is 0 Å². The Morgan fingerprint density at radius 1 is 1.32 bits per heavy atom. The molecule has 1 heterocycles. The number of nitrogens with zero attached hydrogens (tertiary/aromatic N) is 2. The van der Waals surface area contributed by atoms with E-state index in [4.69, 9.17) is 4.74 Å². The second-order valence-electron chi connectivity index (χ2n) is 5.27. The van der Waals surface area contributed by atoms with Gasteiger partial charge in [0.15, 0.2) is 11.8 Å². The molecule has 6 nitrogen and oxygen atoms in total. The number of ether oxygens (including phenoxy) is 1. The Kier molecular flexibility index (Phi) is 4.80. The Morgan fingerprint density at radius 3 is 2.88 bits per heavy atom. The van der Waals surface area contributed by atoms with Gasteiger partial charge in [-0.1, -0.05) is 22.0 Å².